The first-order valence-corrected chi connectivity index (χ1v) is 12.5. The van der Waals surface area contributed by atoms with Gasteiger partial charge in [-0.3, -0.25) is 19.9 Å². The average molecular weight is 504 g/mol. The number of amides is 1. The number of aromatic amines is 2. The summed E-state index contributed by atoms with van der Waals surface area (Å²) in [4.78, 5) is 29.1. The first kappa shape index (κ1) is 22.3. The molecule has 1 saturated carbocycles. The van der Waals surface area contributed by atoms with Gasteiger partial charge in [0.05, 0.1) is 35.0 Å². The summed E-state index contributed by atoms with van der Waals surface area (Å²) in [5.74, 6) is -0.133. The number of hydrogen-bond acceptors (Lipinski definition) is 5. The lowest BCUT2D eigenvalue weighted by molar-refractivity contribution is -0.122. The number of pyridine rings is 3. The Morgan fingerprint density at radius 3 is 2.53 bits per heavy atom. The van der Waals surface area contributed by atoms with Crippen LogP contribution >= 0.6 is 0 Å². The Morgan fingerprint density at radius 2 is 1.71 bits per heavy atom. The van der Waals surface area contributed by atoms with Crippen molar-refractivity contribution in [2.24, 2.45) is 5.92 Å². The van der Waals surface area contributed by atoms with E-state index in [0.717, 1.165) is 69.2 Å². The quantitative estimate of drug-likeness (QED) is 0.263. The van der Waals surface area contributed by atoms with Crippen LogP contribution in [0, 0.1) is 11.7 Å². The predicted octanol–water partition coefficient (Wildman–Crippen LogP) is 6.11. The molecule has 0 bridgehead atoms. The van der Waals surface area contributed by atoms with Crippen LogP contribution in [0.1, 0.15) is 19.3 Å². The fraction of sp³-hybridized carbons (Fsp3) is 0.138. The smallest absolute Gasteiger partial charge is 0.227 e. The van der Waals surface area contributed by atoms with Crippen molar-refractivity contribution in [3.63, 3.8) is 0 Å². The van der Waals surface area contributed by atoms with Crippen LogP contribution in [0.4, 0.5) is 10.1 Å². The Morgan fingerprint density at radius 1 is 0.895 bits per heavy atom. The zero-order valence-corrected chi connectivity index (χ0v) is 20.2. The molecule has 3 N–H and O–H groups in total. The number of nitrogens with one attached hydrogen (secondary N) is 3. The maximum Gasteiger partial charge on any atom is 0.227 e. The standard InChI is InChI=1S/C29H22FN7O/c30-20-6-4-16(5-7-20)24-14-32-15-26-22(24)10-25(35-26)27-23-9-19(12-33-28(23)37-36-27)18-8-21(13-31-11-18)34-29(38)17-2-1-3-17/h4-15,17,35H,1-3H2,(H,34,38)(H,33,36,37). The molecule has 0 unspecified atom stereocenters. The summed E-state index contributed by atoms with van der Waals surface area (Å²) in [6.07, 6.45) is 11.7. The molecule has 9 heteroatoms. The Balaban J connectivity index is 1.26. The number of aromatic nitrogens is 6. The molecule has 1 aromatic carbocycles. The summed E-state index contributed by atoms with van der Waals surface area (Å²) in [6, 6.07) is 12.3. The van der Waals surface area contributed by atoms with Gasteiger partial charge in [-0.1, -0.05) is 18.6 Å². The van der Waals surface area contributed by atoms with E-state index in [1.54, 1.807) is 43.1 Å². The molecule has 186 valence electrons. The number of H-pyrrole nitrogens is 2. The number of hydrogen-bond donors (Lipinski definition) is 3. The molecule has 0 spiro atoms. The van der Waals surface area contributed by atoms with E-state index in [1.165, 1.54) is 12.1 Å². The first-order chi connectivity index (χ1) is 18.6. The van der Waals surface area contributed by atoms with E-state index in [9.17, 15) is 9.18 Å². The summed E-state index contributed by atoms with van der Waals surface area (Å²) in [7, 11) is 0. The number of rotatable bonds is 5. The van der Waals surface area contributed by atoms with Gasteiger partial charge in [0.2, 0.25) is 5.91 Å². The molecule has 0 aliphatic heterocycles. The second-order valence-corrected chi connectivity index (χ2v) is 9.61. The summed E-state index contributed by atoms with van der Waals surface area (Å²) >= 11 is 0. The summed E-state index contributed by atoms with van der Waals surface area (Å²) in [5.41, 5.74) is 7.22. The van der Waals surface area contributed by atoms with Gasteiger partial charge in [-0.25, -0.2) is 9.37 Å². The highest BCUT2D eigenvalue weighted by molar-refractivity contribution is 6.00. The summed E-state index contributed by atoms with van der Waals surface area (Å²) in [6.45, 7) is 0. The summed E-state index contributed by atoms with van der Waals surface area (Å²) < 4.78 is 13.5. The number of anilines is 1. The molecular formula is C29H22FN7O. The van der Waals surface area contributed by atoms with Crippen LogP contribution in [0.3, 0.4) is 0 Å². The molecule has 8 nitrogen and oxygen atoms in total. The lowest BCUT2D eigenvalue weighted by Crippen LogP contribution is -2.28. The lowest BCUT2D eigenvalue weighted by Gasteiger charge is -2.24. The topological polar surface area (TPSA) is 112 Å². The van der Waals surface area contributed by atoms with Gasteiger partial charge >= 0.3 is 0 Å². The van der Waals surface area contributed by atoms with Gasteiger partial charge < -0.3 is 10.3 Å². The highest BCUT2D eigenvalue weighted by Gasteiger charge is 2.25. The van der Waals surface area contributed by atoms with Crippen LogP contribution < -0.4 is 5.32 Å². The number of fused-ring (bicyclic) bond motifs is 2. The second-order valence-electron chi connectivity index (χ2n) is 9.61. The third-order valence-electron chi connectivity index (χ3n) is 7.19. The molecular weight excluding hydrogens is 481 g/mol. The number of nitrogens with zero attached hydrogens (tertiary/aromatic N) is 4. The Bertz CT molecular complexity index is 1820. The molecule has 1 aliphatic rings. The SMILES string of the molecule is O=C(Nc1cncc(-c2cnc3n[nH]c(-c4cc5c(-c6ccc(F)cc6)cncc5[nH]4)c3c2)c1)C1CCC1. The van der Waals surface area contributed by atoms with E-state index in [2.05, 4.69) is 35.5 Å². The fourth-order valence-corrected chi connectivity index (χ4v) is 4.89. The van der Waals surface area contributed by atoms with Crippen molar-refractivity contribution in [3.05, 3.63) is 79.3 Å². The maximum absolute atomic E-state index is 13.5. The normalized spacial score (nSPS) is 13.6. The first-order valence-electron chi connectivity index (χ1n) is 12.5. The predicted molar refractivity (Wildman–Crippen MR) is 144 cm³/mol. The number of halogens is 1. The van der Waals surface area contributed by atoms with Gasteiger partial charge in [0.15, 0.2) is 5.65 Å². The molecule has 7 rings (SSSR count). The molecule has 0 saturated heterocycles. The molecule has 6 aromatic rings. The summed E-state index contributed by atoms with van der Waals surface area (Å²) in [5, 5.41) is 12.3. The van der Waals surface area contributed by atoms with Gasteiger partial charge in [0.25, 0.3) is 0 Å². The molecule has 5 heterocycles. The van der Waals surface area contributed by atoms with E-state index in [4.69, 9.17) is 0 Å². The maximum atomic E-state index is 13.5. The van der Waals surface area contributed by atoms with Crippen molar-refractivity contribution < 1.29 is 9.18 Å². The molecule has 1 aliphatic carbocycles. The Kier molecular flexibility index (Phi) is 5.21. The van der Waals surface area contributed by atoms with Gasteiger partial charge in [-0.15, -0.1) is 0 Å². The van der Waals surface area contributed by atoms with Crippen molar-refractivity contribution in [2.75, 3.05) is 5.32 Å². The molecule has 0 atom stereocenters. The van der Waals surface area contributed by atoms with Gasteiger partial charge in [-0.05, 0) is 48.7 Å². The third kappa shape index (κ3) is 3.88. The van der Waals surface area contributed by atoms with Crippen LogP contribution in [0.5, 0.6) is 0 Å². The fourth-order valence-electron chi connectivity index (χ4n) is 4.89. The minimum Gasteiger partial charge on any atom is -0.352 e. The molecule has 1 fully saturated rings. The van der Waals surface area contributed by atoms with E-state index in [-0.39, 0.29) is 17.6 Å². The monoisotopic (exact) mass is 503 g/mol. The highest BCUT2D eigenvalue weighted by Crippen LogP contribution is 2.35. The Labute approximate surface area is 216 Å². The zero-order valence-electron chi connectivity index (χ0n) is 20.2. The average Bonchev–Trinajstić information content (AvgIpc) is 3.52. The van der Waals surface area contributed by atoms with Gasteiger partial charge in [0.1, 0.15) is 5.82 Å². The third-order valence-corrected chi connectivity index (χ3v) is 7.19. The van der Waals surface area contributed by atoms with E-state index < -0.39 is 0 Å². The minimum atomic E-state index is -0.280. The van der Waals surface area contributed by atoms with Crippen LogP contribution in [0.2, 0.25) is 0 Å². The lowest BCUT2D eigenvalue weighted by atomic mass is 9.85. The Hall–Kier alpha value is -4.92. The van der Waals surface area contributed by atoms with Crippen molar-refractivity contribution in [3.8, 4) is 33.6 Å². The number of carbonyl (C=O) groups excluding carboxylic acids is 1. The van der Waals surface area contributed by atoms with Crippen molar-refractivity contribution in [1.29, 1.82) is 0 Å². The van der Waals surface area contributed by atoms with Crippen molar-refractivity contribution in [2.45, 2.75) is 19.3 Å². The highest BCUT2D eigenvalue weighted by atomic mass is 19.1. The largest absolute Gasteiger partial charge is 0.352 e. The van der Waals surface area contributed by atoms with Crippen LogP contribution in [0.15, 0.2) is 73.4 Å². The molecule has 5 aromatic heterocycles. The zero-order chi connectivity index (χ0) is 25.6. The minimum absolute atomic E-state index is 0.0502. The van der Waals surface area contributed by atoms with E-state index in [0.29, 0.717) is 11.3 Å². The molecule has 38 heavy (non-hydrogen) atoms. The van der Waals surface area contributed by atoms with E-state index in [1.807, 2.05) is 18.2 Å². The number of carbonyl (C=O) groups is 1. The second kappa shape index (κ2) is 8.88. The van der Waals surface area contributed by atoms with Crippen molar-refractivity contribution in [1.82, 2.24) is 30.1 Å². The molecule has 0 radical (unpaired) electrons. The molecule has 1 amide bonds. The van der Waals surface area contributed by atoms with Crippen LogP contribution in [0.25, 0.3) is 55.6 Å². The van der Waals surface area contributed by atoms with Crippen LogP contribution in [-0.2, 0) is 4.79 Å². The van der Waals surface area contributed by atoms with Crippen molar-refractivity contribution >= 4 is 33.5 Å². The number of benzene rings is 1. The van der Waals surface area contributed by atoms with Gasteiger partial charge in [0, 0.05) is 52.0 Å². The van der Waals surface area contributed by atoms with E-state index >= 15 is 0 Å². The van der Waals surface area contributed by atoms with Gasteiger partial charge in [-0.2, -0.15) is 5.10 Å². The van der Waals surface area contributed by atoms with Crippen LogP contribution in [-0.4, -0.2) is 36.0 Å².